The minimum atomic E-state index is 0.0494. The van der Waals surface area contributed by atoms with Crippen LogP contribution in [0.1, 0.15) is 30.0 Å². The monoisotopic (exact) mass is 365 g/mol. The van der Waals surface area contributed by atoms with E-state index in [-0.39, 0.29) is 6.04 Å². The lowest BCUT2D eigenvalue weighted by Crippen LogP contribution is -2.18. The van der Waals surface area contributed by atoms with Crippen molar-refractivity contribution in [2.24, 2.45) is 0 Å². The van der Waals surface area contributed by atoms with E-state index in [0.717, 1.165) is 39.2 Å². The van der Waals surface area contributed by atoms with Gasteiger partial charge in [-0.2, -0.15) is 0 Å². The van der Waals surface area contributed by atoms with E-state index in [1.54, 1.807) is 0 Å². The van der Waals surface area contributed by atoms with Crippen molar-refractivity contribution in [3.05, 3.63) is 63.1 Å². The van der Waals surface area contributed by atoms with E-state index in [4.69, 9.17) is 16.3 Å². The summed E-state index contributed by atoms with van der Waals surface area (Å²) in [4.78, 5) is 0. The summed E-state index contributed by atoms with van der Waals surface area (Å²) < 4.78 is 6.86. The molecular weight excluding hydrogens is 350 g/mol. The molecule has 3 rings (SSSR count). The highest BCUT2D eigenvalue weighted by Crippen LogP contribution is 2.33. The van der Waals surface area contributed by atoms with Gasteiger partial charge in [0.1, 0.15) is 5.75 Å². The number of hydrogen-bond donors (Lipinski definition) is 1. The molecule has 1 saturated carbocycles. The summed E-state index contributed by atoms with van der Waals surface area (Å²) in [6.45, 7) is 0. The average Bonchev–Trinajstić information content (AvgIpc) is 3.26. The first-order valence-corrected chi connectivity index (χ1v) is 8.23. The summed E-state index contributed by atoms with van der Waals surface area (Å²) in [6.07, 6.45) is 2.74. The fraction of sp³-hybridized carbons (Fsp3) is 0.294. The highest BCUT2D eigenvalue weighted by molar-refractivity contribution is 9.10. The second kappa shape index (κ2) is 6.39. The van der Waals surface area contributed by atoms with E-state index in [2.05, 4.69) is 33.4 Å². The Hall–Kier alpha value is -1.03. The van der Waals surface area contributed by atoms with Gasteiger partial charge in [0.2, 0.25) is 0 Å². The fourth-order valence-electron chi connectivity index (χ4n) is 2.38. The second-order valence-electron chi connectivity index (χ2n) is 5.28. The van der Waals surface area contributed by atoms with Crippen LogP contribution >= 0.6 is 27.5 Å². The van der Waals surface area contributed by atoms with E-state index in [9.17, 15) is 0 Å². The third-order valence-corrected chi connectivity index (χ3v) is 4.40. The van der Waals surface area contributed by atoms with Crippen LogP contribution in [0.4, 0.5) is 0 Å². The van der Waals surface area contributed by atoms with Gasteiger partial charge >= 0.3 is 0 Å². The predicted octanol–water partition coefficient (Wildman–Crippen LogP) is 4.95. The van der Waals surface area contributed by atoms with Gasteiger partial charge < -0.3 is 10.1 Å². The molecule has 0 bridgehead atoms. The van der Waals surface area contributed by atoms with Gasteiger partial charge in [-0.3, -0.25) is 0 Å². The molecule has 0 aromatic heterocycles. The van der Waals surface area contributed by atoms with Gasteiger partial charge in [-0.25, -0.2) is 0 Å². The zero-order valence-electron chi connectivity index (χ0n) is 11.8. The molecule has 110 valence electrons. The molecule has 0 spiro atoms. The first-order chi connectivity index (χ1) is 10.2. The molecule has 4 heteroatoms. The number of halogens is 2. The van der Waals surface area contributed by atoms with Crippen LogP contribution in [0.2, 0.25) is 5.02 Å². The lowest BCUT2D eigenvalue weighted by atomic mass is 9.98. The summed E-state index contributed by atoms with van der Waals surface area (Å²) in [7, 11) is 1.94. The van der Waals surface area contributed by atoms with E-state index in [1.807, 2.05) is 37.4 Å². The Morgan fingerprint density at radius 1 is 1.24 bits per heavy atom. The molecular formula is C17H17BrClNO. The molecule has 1 aliphatic carbocycles. The molecule has 2 nitrogen and oxygen atoms in total. The smallest absolute Gasteiger partial charge is 0.120 e. The molecule has 1 unspecified atom stereocenters. The summed E-state index contributed by atoms with van der Waals surface area (Å²) in [5, 5.41) is 4.08. The first-order valence-electron chi connectivity index (χ1n) is 7.06. The van der Waals surface area contributed by atoms with Gasteiger partial charge in [0.15, 0.2) is 0 Å². The zero-order valence-corrected chi connectivity index (χ0v) is 14.1. The lowest BCUT2D eigenvalue weighted by Gasteiger charge is -2.19. The largest absolute Gasteiger partial charge is 0.490 e. The SMILES string of the molecule is CNC(c1cccc(OC2CC2)c1)c1ccc(Br)cc1Cl. The minimum Gasteiger partial charge on any atom is -0.490 e. The first kappa shape index (κ1) is 14.9. The number of hydrogen-bond acceptors (Lipinski definition) is 2. The normalized spacial score (nSPS) is 15.8. The molecule has 2 aromatic carbocycles. The van der Waals surface area contributed by atoms with Crippen molar-refractivity contribution in [1.29, 1.82) is 0 Å². The van der Waals surface area contributed by atoms with Gasteiger partial charge in [-0.15, -0.1) is 0 Å². The van der Waals surface area contributed by atoms with Crippen LogP contribution in [-0.2, 0) is 0 Å². The molecule has 0 heterocycles. The molecule has 1 fully saturated rings. The van der Waals surface area contributed by atoms with Crippen LogP contribution in [0, 0.1) is 0 Å². The fourth-order valence-corrected chi connectivity index (χ4v) is 3.17. The summed E-state index contributed by atoms with van der Waals surface area (Å²) in [6, 6.07) is 14.3. The number of benzene rings is 2. The molecule has 0 saturated heterocycles. The van der Waals surface area contributed by atoms with Crippen molar-refractivity contribution in [2.45, 2.75) is 25.0 Å². The van der Waals surface area contributed by atoms with Gasteiger partial charge in [-0.05, 0) is 55.3 Å². The molecule has 0 radical (unpaired) electrons. The summed E-state index contributed by atoms with van der Waals surface area (Å²) >= 11 is 9.83. The summed E-state index contributed by atoms with van der Waals surface area (Å²) in [5.41, 5.74) is 2.21. The van der Waals surface area contributed by atoms with E-state index >= 15 is 0 Å². The molecule has 1 N–H and O–H groups in total. The van der Waals surface area contributed by atoms with Crippen molar-refractivity contribution < 1.29 is 4.74 Å². The van der Waals surface area contributed by atoms with Gasteiger partial charge in [0, 0.05) is 9.50 Å². The maximum absolute atomic E-state index is 6.39. The van der Waals surface area contributed by atoms with Crippen molar-refractivity contribution >= 4 is 27.5 Å². The highest BCUT2D eigenvalue weighted by Gasteiger charge is 2.24. The third-order valence-electron chi connectivity index (χ3n) is 3.58. The van der Waals surface area contributed by atoms with Crippen molar-refractivity contribution in [3.63, 3.8) is 0 Å². The Labute approximate surface area is 138 Å². The average molecular weight is 367 g/mol. The van der Waals surface area contributed by atoms with Crippen LogP contribution in [0.3, 0.4) is 0 Å². The topological polar surface area (TPSA) is 21.3 Å². The molecule has 1 aliphatic rings. The van der Waals surface area contributed by atoms with Crippen LogP contribution in [0.15, 0.2) is 46.9 Å². The third kappa shape index (κ3) is 3.60. The molecule has 2 aromatic rings. The summed E-state index contributed by atoms with van der Waals surface area (Å²) in [5.74, 6) is 0.934. The van der Waals surface area contributed by atoms with E-state index in [1.165, 1.54) is 0 Å². The van der Waals surface area contributed by atoms with Crippen LogP contribution in [0.5, 0.6) is 5.75 Å². The maximum atomic E-state index is 6.39. The van der Waals surface area contributed by atoms with Crippen molar-refractivity contribution in [1.82, 2.24) is 5.32 Å². The number of nitrogens with one attached hydrogen (secondary N) is 1. The van der Waals surface area contributed by atoms with Crippen molar-refractivity contribution in [3.8, 4) is 5.75 Å². The highest BCUT2D eigenvalue weighted by atomic mass is 79.9. The Bertz CT molecular complexity index is 642. The molecule has 21 heavy (non-hydrogen) atoms. The van der Waals surface area contributed by atoms with Gasteiger partial charge in [0.05, 0.1) is 12.1 Å². The molecule has 1 atom stereocenters. The Morgan fingerprint density at radius 2 is 2.05 bits per heavy atom. The lowest BCUT2D eigenvalue weighted by molar-refractivity contribution is 0.302. The predicted molar refractivity (Wildman–Crippen MR) is 90.1 cm³/mol. The number of ether oxygens (including phenoxy) is 1. The quantitative estimate of drug-likeness (QED) is 0.808. The number of rotatable bonds is 5. The maximum Gasteiger partial charge on any atom is 0.120 e. The Morgan fingerprint density at radius 3 is 2.71 bits per heavy atom. The Balaban J connectivity index is 1.91. The van der Waals surface area contributed by atoms with Gasteiger partial charge in [0.25, 0.3) is 0 Å². The van der Waals surface area contributed by atoms with Crippen LogP contribution < -0.4 is 10.1 Å². The molecule has 0 amide bonds. The van der Waals surface area contributed by atoms with Crippen LogP contribution in [0.25, 0.3) is 0 Å². The van der Waals surface area contributed by atoms with Gasteiger partial charge in [-0.1, -0.05) is 45.7 Å². The van der Waals surface area contributed by atoms with Crippen molar-refractivity contribution in [2.75, 3.05) is 7.05 Å². The zero-order chi connectivity index (χ0) is 14.8. The standard InChI is InChI=1S/C17H17BrClNO/c1-20-17(15-8-5-12(18)10-16(15)19)11-3-2-4-14(9-11)21-13-6-7-13/h2-5,8-10,13,17,20H,6-7H2,1H3. The second-order valence-corrected chi connectivity index (χ2v) is 6.60. The molecule has 0 aliphatic heterocycles. The minimum absolute atomic E-state index is 0.0494. The Kier molecular flexibility index (Phi) is 4.53. The van der Waals surface area contributed by atoms with Crippen LogP contribution in [-0.4, -0.2) is 13.2 Å². The van der Waals surface area contributed by atoms with E-state index in [0.29, 0.717) is 6.10 Å². The van der Waals surface area contributed by atoms with E-state index < -0.39 is 0 Å².